The maximum atomic E-state index is 11.3. The first-order valence-electron chi connectivity index (χ1n) is 9.84. The van der Waals surface area contributed by atoms with Gasteiger partial charge in [-0.05, 0) is 41.5 Å². The molecule has 0 saturated heterocycles. The quantitative estimate of drug-likeness (QED) is 0.465. The van der Waals surface area contributed by atoms with E-state index in [9.17, 15) is 20.1 Å². The molecule has 6 heteroatoms. The van der Waals surface area contributed by atoms with Gasteiger partial charge in [-0.2, -0.15) is 0 Å². The van der Waals surface area contributed by atoms with Crippen LogP contribution in [0.15, 0.2) is 54.6 Å². The second-order valence-electron chi connectivity index (χ2n) is 8.65. The molecule has 158 valence electrons. The molecule has 0 aliphatic rings. The van der Waals surface area contributed by atoms with Gasteiger partial charge in [0.15, 0.2) is 0 Å². The normalized spacial score (nSPS) is 15.9. The third kappa shape index (κ3) is 6.76. The molecule has 2 aromatic rings. The molecule has 1 amide bonds. The van der Waals surface area contributed by atoms with Crippen LogP contribution in [-0.2, 0) is 6.42 Å². The van der Waals surface area contributed by atoms with Crippen molar-refractivity contribution < 1.29 is 20.1 Å². The molecule has 0 bridgehead atoms. The fraction of sp³-hybridized carbons (Fsp3) is 0.435. The van der Waals surface area contributed by atoms with E-state index >= 15 is 0 Å². The number of hydrogen-bond donors (Lipinski definition) is 5. The van der Waals surface area contributed by atoms with Crippen molar-refractivity contribution in [3.05, 3.63) is 65.7 Å². The Bertz CT molecular complexity index is 772. The first kappa shape index (κ1) is 22.7. The maximum absolute atomic E-state index is 11.3. The molecule has 2 rings (SSSR count). The number of amides is 1. The van der Waals surface area contributed by atoms with E-state index in [1.165, 1.54) is 0 Å². The molecule has 29 heavy (non-hydrogen) atoms. The highest BCUT2D eigenvalue weighted by Crippen LogP contribution is 2.39. The van der Waals surface area contributed by atoms with E-state index in [1.54, 1.807) is 12.1 Å². The van der Waals surface area contributed by atoms with Crippen LogP contribution in [0.25, 0.3) is 0 Å². The van der Waals surface area contributed by atoms with Crippen LogP contribution < -0.4 is 11.1 Å². The topological polar surface area (TPSA) is 116 Å². The Morgan fingerprint density at radius 1 is 1.07 bits per heavy atom. The fourth-order valence-corrected chi connectivity index (χ4v) is 3.92. The average Bonchev–Trinajstić information content (AvgIpc) is 2.62. The molecule has 0 fully saturated rings. The average molecular weight is 401 g/mol. The Labute approximate surface area is 172 Å². The molecule has 0 spiro atoms. The number of phenols is 1. The van der Waals surface area contributed by atoms with Crippen molar-refractivity contribution in [2.75, 3.05) is 0 Å². The maximum Gasteiger partial charge on any atom is 0.404 e. The summed E-state index contributed by atoms with van der Waals surface area (Å²) in [5.74, 6) is -0.00980. The number of carboxylic acid groups (broad SMARTS) is 1. The van der Waals surface area contributed by atoms with E-state index in [0.29, 0.717) is 6.42 Å². The number of rotatable bonds is 8. The van der Waals surface area contributed by atoms with Crippen molar-refractivity contribution in [3.63, 3.8) is 0 Å². The molecule has 0 saturated carbocycles. The third-order valence-corrected chi connectivity index (χ3v) is 5.19. The van der Waals surface area contributed by atoms with Crippen molar-refractivity contribution >= 4 is 6.09 Å². The molecule has 0 aliphatic carbocycles. The van der Waals surface area contributed by atoms with E-state index < -0.39 is 24.3 Å². The summed E-state index contributed by atoms with van der Waals surface area (Å²) in [5, 5.41) is 32.2. The highest BCUT2D eigenvalue weighted by molar-refractivity contribution is 5.64. The zero-order valence-corrected chi connectivity index (χ0v) is 17.2. The van der Waals surface area contributed by atoms with E-state index in [-0.39, 0.29) is 23.5 Å². The molecular formula is C23H32N2O4. The summed E-state index contributed by atoms with van der Waals surface area (Å²) in [6, 6.07) is 15.3. The number of phenolic OH excluding ortho intramolecular Hbond substituents is 1. The van der Waals surface area contributed by atoms with Crippen molar-refractivity contribution in [2.24, 2.45) is 11.1 Å². The van der Waals surface area contributed by atoms with E-state index in [2.05, 4.69) is 5.32 Å². The van der Waals surface area contributed by atoms with Gasteiger partial charge in [0, 0.05) is 18.0 Å². The molecule has 4 atom stereocenters. The molecule has 1 unspecified atom stereocenters. The lowest BCUT2D eigenvalue weighted by Crippen LogP contribution is -2.48. The summed E-state index contributed by atoms with van der Waals surface area (Å²) >= 11 is 0. The summed E-state index contributed by atoms with van der Waals surface area (Å²) < 4.78 is 0. The van der Waals surface area contributed by atoms with Crippen LogP contribution in [-0.4, -0.2) is 39.6 Å². The fourth-order valence-electron chi connectivity index (χ4n) is 3.92. The lowest BCUT2D eigenvalue weighted by Gasteiger charge is -2.38. The highest BCUT2D eigenvalue weighted by atomic mass is 16.4. The second kappa shape index (κ2) is 9.76. The summed E-state index contributed by atoms with van der Waals surface area (Å²) in [6.07, 6.45) is -1.37. The lowest BCUT2D eigenvalue weighted by molar-refractivity contribution is 0.0874. The van der Waals surface area contributed by atoms with Gasteiger partial charge in [-0.3, -0.25) is 0 Å². The van der Waals surface area contributed by atoms with Crippen LogP contribution in [0, 0.1) is 5.41 Å². The van der Waals surface area contributed by atoms with Crippen LogP contribution >= 0.6 is 0 Å². The molecule has 2 aromatic carbocycles. The predicted octanol–water partition coefficient (Wildman–Crippen LogP) is 3.48. The Balaban J connectivity index is 2.19. The number of carbonyl (C=O) groups is 1. The monoisotopic (exact) mass is 400 g/mol. The zero-order valence-electron chi connectivity index (χ0n) is 17.2. The van der Waals surface area contributed by atoms with E-state index in [1.807, 2.05) is 63.2 Å². The first-order chi connectivity index (χ1) is 13.6. The summed E-state index contributed by atoms with van der Waals surface area (Å²) in [4.78, 5) is 11.3. The van der Waals surface area contributed by atoms with E-state index in [0.717, 1.165) is 11.1 Å². The van der Waals surface area contributed by atoms with E-state index in [4.69, 9.17) is 5.73 Å². The van der Waals surface area contributed by atoms with Gasteiger partial charge in [0.2, 0.25) is 0 Å². The van der Waals surface area contributed by atoms with Gasteiger partial charge >= 0.3 is 6.09 Å². The largest absolute Gasteiger partial charge is 0.508 e. The Morgan fingerprint density at radius 3 is 2.17 bits per heavy atom. The molecule has 0 aromatic heterocycles. The summed E-state index contributed by atoms with van der Waals surface area (Å²) in [7, 11) is 0. The predicted molar refractivity (Wildman–Crippen MR) is 114 cm³/mol. The molecular weight excluding hydrogens is 368 g/mol. The Morgan fingerprint density at radius 2 is 1.66 bits per heavy atom. The minimum atomic E-state index is -1.13. The molecule has 0 aliphatic heterocycles. The molecule has 6 N–H and O–H groups in total. The van der Waals surface area contributed by atoms with Crippen LogP contribution in [0.3, 0.4) is 0 Å². The number of aliphatic hydroxyl groups excluding tert-OH is 1. The number of aliphatic hydroxyl groups is 1. The van der Waals surface area contributed by atoms with Crippen LogP contribution in [0.5, 0.6) is 5.75 Å². The number of nitrogens with two attached hydrogens (primary N) is 1. The van der Waals surface area contributed by atoms with Gasteiger partial charge < -0.3 is 26.4 Å². The lowest BCUT2D eigenvalue weighted by atomic mass is 9.70. The molecule has 0 heterocycles. The number of aromatic hydroxyl groups is 1. The van der Waals surface area contributed by atoms with Crippen LogP contribution in [0.2, 0.25) is 0 Å². The van der Waals surface area contributed by atoms with Crippen molar-refractivity contribution in [1.82, 2.24) is 5.32 Å². The molecule has 6 nitrogen and oxygen atoms in total. The van der Waals surface area contributed by atoms with Crippen molar-refractivity contribution in [1.29, 1.82) is 0 Å². The second-order valence-corrected chi connectivity index (χ2v) is 8.65. The number of benzene rings is 2. The number of nitrogens with one attached hydrogen (secondary N) is 1. The zero-order chi connectivity index (χ0) is 21.6. The van der Waals surface area contributed by atoms with Crippen LogP contribution in [0.1, 0.15) is 44.2 Å². The van der Waals surface area contributed by atoms with Crippen LogP contribution in [0.4, 0.5) is 4.79 Å². The SMILES string of the molecule is CC(C)(C)C(c1ccc(O)cc1)[C@H](N)[C@@H](O)C[C@H](Cc1ccccc1)NC(=O)O. The highest BCUT2D eigenvalue weighted by Gasteiger charge is 2.36. The smallest absolute Gasteiger partial charge is 0.404 e. The Hall–Kier alpha value is -2.57. The van der Waals surface area contributed by atoms with Crippen molar-refractivity contribution in [2.45, 2.75) is 57.7 Å². The standard InChI is InChI=1S/C23H32N2O4/c1-23(2,3)20(16-9-11-18(26)12-10-16)21(24)19(27)14-17(25-22(28)29)13-15-7-5-4-6-8-15/h4-12,17,19-21,25-27H,13-14,24H2,1-3H3,(H,28,29)/t17-,19-,20?,21+/m0/s1. The van der Waals surface area contributed by atoms with Gasteiger partial charge in [0.25, 0.3) is 0 Å². The van der Waals surface area contributed by atoms with Gasteiger partial charge in [0.1, 0.15) is 5.75 Å². The van der Waals surface area contributed by atoms with Gasteiger partial charge in [-0.15, -0.1) is 0 Å². The van der Waals surface area contributed by atoms with Gasteiger partial charge in [-0.25, -0.2) is 4.79 Å². The minimum Gasteiger partial charge on any atom is -0.508 e. The minimum absolute atomic E-state index is 0.170. The number of hydrogen-bond acceptors (Lipinski definition) is 4. The van der Waals surface area contributed by atoms with Gasteiger partial charge in [0.05, 0.1) is 6.10 Å². The third-order valence-electron chi connectivity index (χ3n) is 5.19. The van der Waals surface area contributed by atoms with Gasteiger partial charge in [-0.1, -0.05) is 63.2 Å². The summed E-state index contributed by atoms with van der Waals surface area (Å²) in [6.45, 7) is 6.15. The summed E-state index contributed by atoms with van der Waals surface area (Å²) in [5.41, 5.74) is 8.17. The first-order valence-corrected chi connectivity index (χ1v) is 9.84. The Kier molecular flexibility index (Phi) is 7.65. The van der Waals surface area contributed by atoms with Crippen molar-refractivity contribution in [3.8, 4) is 5.75 Å². The molecule has 0 radical (unpaired) electrons.